The maximum absolute atomic E-state index is 13.6. The van der Waals surface area contributed by atoms with Crippen molar-refractivity contribution in [3.05, 3.63) is 63.4 Å². The van der Waals surface area contributed by atoms with E-state index in [4.69, 9.17) is 23.3 Å². The van der Waals surface area contributed by atoms with E-state index in [2.05, 4.69) is 10.1 Å². The standard InChI is InChI=1S/C21H24N3O10P/c1-12-19(26)31-13(2)20(27)33-15-10-18(24-9-8-17(25)22-21(24)28)32-16(15)11-30-35(29,23-12)34-14-6-4-3-5-7-14/h3-9,12-13,15-16,18H,10-11H2,1-2H3,(H,23,29)(H,22,25,28)/t12-,13-,15-,16+,18+,35?/m0/s1. The highest BCUT2D eigenvalue weighted by Gasteiger charge is 2.43. The van der Waals surface area contributed by atoms with Crippen LogP contribution in [0.2, 0.25) is 0 Å². The van der Waals surface area contributed by atoms with Gasteiger partial charge < -0.3 is 18.7 Å². The number of para-hydroxylation sites is 1. The van der Waals surface area contributed by atoms with Gasteiger partial charge in [0, 0.05) is 18.7 Å². The molecule has 0 aliphatic carbocycles. The summed E-state index contributed by atoms with van der Waals surface area (Å²) in [5, 5.41) is 2.52. The molecule has 2 aliphatic rings. The fraction of sp³-hybridized carbons (Fsp3) is 0.429. The van der Waals surface area contributed by atoms with Crippen LogP contribution in [0.3, 0.4) is 0 Å². The van der Waals surface area contributed by atoms with Crippen LogP contribution in [0.15, 0.2) is 52.2 Å². The number of fused-ring (bicyclic) bond motifs is 1. The largest absolute Gasteiger partial charge is 0.459 e. The summed E-state index contributed by atoms with van der Waals surface area (Å²) in [5.74, 6) is -1.48. The summed E-state index contributed by atoms with van der Waals surface area (Å²) >= 11 is 0. The number of hydrogen-bond acceptors (Lipinski definition) is 10. The molecule has 2 fully saturated rings. The average Bonchev–Trinajstić information content (AvgIpc) is 3.19. The number of cyclic esters (lactones) is 1. The van der Waals surface area contributed by atoms with Gasteiger partial charge in [-0.1, -0.05) is 18.2 Å². The van der Waals surface area contributed by atoms with Crippen molar-refractivity contribution in [1.82, 2.24) is 14.6 Å². The van der Waals surface area contributed by atoms with E-state index >= 15 is 0 Å². The first kappa shape index (κ1) is 24.9. The molecule has 13 nitrogen and oxygen atoms in total. The van der Waals surface area contributed by atoms with Gasteiger partial charge in [0.15, 0.2) is 6.10 Å². The van der Waals surface area contributed by atoms with Gasteiger partial charge in [-0.2, -0.15) is 5.09 Å². The zero-order chi connectivity index (χ0) is 25.2. The lowest BCUT2D eigenvalue weighted by Crippen LogP contribution is -2.42. The number of nitrogens with zero attached hydrogens (tertiary/aromatic N) is 1. The van der Waals surface area contributed by atoms with Gasteiger partial charge in [-0.3, -0.25) is 23.7 Å². The Kier molecular flexibility index (Phi) is 7.22. The van der Waals surface area contributed by atoms with Crippen molar-refractivity contribution in [3.63, 3.8) is 0 Å². The smallest absolute Gasteiger partial charge is 0.457 e. The lowest BCUT2D eigenvalue weighted by Gasteiger charge is -2.27. The SMILES string of the molecule is C[C@@H]1NP(=O)(Oc2ccccc2)OC[C@H]2O[C@@H](n3ccc(=O)[nH]c3=O)C[C@@H]2OC(=O)[C@H](C)OC1=O. The third kappa shape index (κ3) is 5.88. The molecule has 3 heterocycles. The number of H-pyrrole nitrogens is 1. The number of rotatable bonds is 3. The highest BCUT2D eigenvalue weighted by atomic mass is 31.2. The third-order valence-electron chi connectivity index (χ3n) is 5.32. The van der Waals surface area contributed by atoms with Crippen LogP contribution in [0.1, 0.15) is 26.5 Å². The minimum absolute atomic E-state index is 0.0139. The Balaban J connectivity index is 1.62. The predicted octanol–water partition coefficient (Wildman–Crippen LogP) is 0.863. The normalized spacial score (nSPS) is 31.9. The van der Waals surface area contributed by atoms with E-state index in [0.717, 1.165) is 10.6 Å². The first-order chi connectivity index (χ1) is 16.6. The molecule has 1 unspecified atom stereocenters. The molecule has 2 saturated heterocycles. The zero-order valence-corrected chi connectivity index (χ0v) is 19.7. The van der Waals surface area contributed by atoms with Crippen molar-refractivity contribution < 1.29 is 37.4 Å². The van der Waals surface area contributed by atoms with Crippen molar-refractivity contribution in [3.8, 4) is 5.75 Å². The lowest BCUT2D eigenvalue weighted by molar-refractivity contribution is -0.173. The number of aromatic amines is 1. The molecular formula is C21H24N3O10P. The van der Waals surface area contributed by atoms with E-state index in [0.29, 0.717) is 0 Å². The van der Waals surface area contributed by atoms with Gasteiger partial charge in [-0.25, -0.2) is 14.2 Å². The first-order valence-corrected chi connectivity index (χ1v) is 12.3. The Bertz CT molecular complexity index is 1250. The maximum atomic E-state index is 13.6. The van der Waals surface area contributed by atoms with Crippen molar-refractivity contribution in [2.45, 2.75) is 50.8 Å². The summed E-state index contributed by atoms with van der Waals surface area (Å²) in [7, 11) is -4.16. The van der Waals surface area contributed by atoms with Crippen LogP contribution in [-0.4, -0.2) is 52.5 Å². The van der Waals surface area contributed by atoms with Crippen LogP contribution in [0.4, 0.5) is 0 Å². The summed E-state index contributed by atoms with van der Waals surface area (Å²) in [6, 6.07) is 8.17. The average molecular weight is 509 g/mol. The predicted molar refractivity (Wildman–Crippen MR) is 119 cm³/mol. The van der Waals surface area contributed by atoms with Crippen molar-refractivity contribution in [2.24, 2.45) is 0 Å². The van der Waals surface area contributed by atoms with Crippen LogP contribution in [-0.2, 0) is 32.9 Å². The monoisotopic (exact) mass is 509 g/mol. The summed E-state index contributed by atoms with van der Waals surface area (Å²) in [5.41, 5.74) is -1.30. The highest BCUT2D eigenvalue weighted by molar-refractivity contribution is 7.52. The lowest BCUT2D eigenvalue weighted by atomic mass is 10.2. The molecular weight excluding hydrogens is 485 g/mol. The Labute approximate surface area is 198 Å². The fourth-order valence-electron chi connectivity index (χ4n) is 3.54. The molecule has 6 atom stereocenters. The number of hydrogen-bond donors (Lipinski definition) is 2. The van der Waals surface area contributed by atoms with Crippen LogP contribution >= 0.6 is 7.75 Å². The van der Waals surface area contributed by atoms with Gasteiger partial charge in [0.05, 0.1) is 6.61 Å². The molecule has 4 rings (SSSR count). The van der Waals surface area contributed by atoms with Crippen LogP contribution < -0.4 is 20.9 Å². The van der Waals surface area contributed by atoms with Crippen LogP contribution in [0.25, 0.3) is 0 Å². The second kappa shape index (κ2) is 10.2. The Morgan fingerprint density at radius 2 is 1.74 bits per heavy atom. The van der Waals surface area contributed by atoms with Gasteiger partial charge in [0.25, 0.3) is 5.56 Å². The van der Waals surface area contributed by atoms with Gasteiger partial charge >= 0.3 is 25.4 Å². The summed E-state index contributed by atoms with van der Waals surface area (Å²) in [6.07, 6.45) is -2.84. The maximum Gasteiger partial charge on any atom is 0.459 e. The molecule has 2 N–H and O–H groups in total. The Morgan fingerprint density at radius 1 is 1.00 bits per heavy atom. The summed E-state index contributed by atoms with van der Waals surface area (Å²) < 4.78 is 42.3. The first-order valence-electron chi connectivity index (χ1n) is 10.8. The second-order valence-electron chi connectivity index (χ2n) is 7.99. The summed E-state index contributed by atoms with van der Waals surface area (Å²) in [4.78, 5) is 50.7. The molecule has 2 aromatic rings. The number of ether oxygens (including phenoxy) is 3. The highest BCUT2D eigenvalue weighted by Crippen LogP contribution is 2.46. The third-order valence-corrected chi connectivity index (χ3v) is 6.96. The quantitative estimate of drug-likeness (QED) is 0.445. The molecule has 14 heteroatoms. The van der Waals surface area contributed by atoms with E-state index < -0.39 is 61.5 Å². The molecule has 0 amide bonds. The summed E-state index contributed by atoms with van der Waals surface area (Å²) in [6.45, 7) is 2.34. The molecule has 188 valence electrons. The van der Waals surface area contributed by atoms with Gasteiger partial charge in [-0.05, 0) is 26.0 Å². The van der Waals surface area contributed by atoms with Crippen molar-refractivity contribution in [2.75, 3.05) is 6.61 Å². The molecule has 35 heavy (non-hydrogen) atoms. The van der Waals surface area contributed by atoms with E-state index in [9.17, 15) is 23.7 Å². The number of esters is 2. The Morgan fingerprint density at radius 3 is 2.46 bits per heavy atom. The van der Waals surface area contributed by atoms with E-state index in [1.54, 1.807) is 30.3 Å². The molecule has 0 saturated carbocycles. The zero-order valence-electron chi connectivity index (χ0n) is 18.8. The van der Waals surface area contributed by atoms with Crippen molar-refractivity contribution in [1.29, 1.82) is 0 Å². The molecule has 1 aromatic heterocycles. The molecule has 0 bridgehead atoms. The number of nitrogens with one attached hydrogen (secondary N) is 2. The van der Waals surface area contributed by atoms with Crippen LogP contribution in [0.5, 0.6) is 5.75 Å². The molecule has 1 aromatic carbocycles. The van der Waals surface area contributed by atoms with Crippen LogP contribution in [0, 0.1) is 0 Å². The minimum Gasteiger partial charge on any atom is -0.457 e. The Hall–Kier alpha value is -3.25. The molecule has 2 aliphatic heterocycles. The van der Waals surface area contributed by atoms with E-state index in [1.165, 1.54) is 20.0 Å². The number of benzene rings is 1. The van der Waals surface area contributed by atoms with E-state index in [1.807, 2.05) is 0 Å². The number of aromatic nitrogens is 2. The number of carbonyl (C=O) groups excluding carboxylic acids is 2. The van der Waals surface area contributed by atoms with Gasteiger partial charge in [0.2, 0.25) is 0 Å². The van der Waals surface area contributed by atoms with Crippen molar-refractivity contribution >= 4 is 19.7 Å². The van der Waals surface area contributed by atoms with Gasteiger partial charge in [-0.15, -0.1) is 0 Å². The second-order valence-corrected chi connectivity index (χ2v) is 9.68. The number of carbonyl (C=O) groups is 2. The molecule has 0 spiro atoms. The molecule has 0 radical (unpaired) electrons. The minimum atomic E-state index is -4.16. The topological polar surface area (TPSA) is 164 Å². The van der Waals surface area contributed by atoms with Gasteiger partial charge in [0.1, 0.15) is 30.2 Å². The van der Waals surface area contributed by atoms with E-state index in [-0.39, 0.29) is 18.8 Å². The fourth-order valence-corrected chi connectivity index (χ4v) is 5.04.